The average Bonchev–Trinajstić information content (AvgIpc) is 3.16. The quantitative estimate of drug-likeness (QED) is 0.773. The fraction of sp³-hybridized carbons (Fsp3) is 0.0769. The zero-order chi connectivity index (χ0) is 14.7. The van der Waals surface area contributed by atoms with Gasteiger partial charge in [-0.1, -0.05) is 6.07 Å². The molecule has 106 valence electrons. The molecule has 21 heavy (non-hydrogen) atoms. The number of carboxylic acids is 1. The van der Waals surface area contributed by atoms with Crippen LogP contribution in [-0.4, -0.2) is 26.3 Å². The first kappa shape index (κ1) is 13.3. The van der Waals surface area contributed by atoms with Gasteiger partial charge in [-0.2, -0.15) is 0 Å². The van der Waals surface area contributed by atoms with Gasteiger partial charge in [0.1, 0.15) is 5.56 Å². The van der Waals surface area contributed by atoms with Gasteiger partial charge in [-0.05, 0) is 17.5 Å². The number of rotatable bonds is 5. The van der Waals surface area contributed by atoms with E-state index in [1.165, 1.54) is 29.8 Å². The number of carbonyl (C=O) groups is 1. The lowest BCUT2D eigenvalue weighted by Crippen LogP contribution is -2.04. The molecular formula is C13H9N3O4S. The van der Waals surface area contributed by atoms with E-state index >= 15 is 0 Å². The van der Waals surface area contributed by atoms with E-state index in [2.05, 4.69) is 15.2 Å². The second-order valence-corrected chi connectivity index (χ2v) is 4.89. The summed E-state index contributed by atoms with van der Waals surface area (Å²) in [6.45, 7) is -0.0235. The Labute approximate surface area is 122 Å². The molecule has 7 nitrogen and oxygen atoms in total. The molecule has 0 aliphatic rings. The lowest BCUT2D eigenvalue weighted by molar-refractivity contribution is 0.0691. The monoisotopic (exact) mass is 303 g/mol. The van der Waals surface area contributed by atoms with Crippen LogP contribution in [0.2, 0.25) is 0 Å². The van der Waals surface area contributed by atoms with Gasteiger partial charge in [0.25, 0.3) is 11.8 Å². The first-order valence-corrected chi connectivity index (χ1v) is 6.78. The van der Waals surface area contributed by atoms with Crippen molar-refractivity contribution in [3.8, 4) is 16.5 Å². The molecule has 0 saturated heterocycles. The summed E-state index contributed by atoms with van der Waals surface area (Å²) in [4.78, 5) is 15.7. The van der Waals surface area contributed by atoms with Crippen LogP contribution in [0.4, 0.5) is 0 Å². The molecule has 0 aliphatic carbocycles. The molecule has 0 spiro atoms. The standard InChI is InChI=1S/C13H9N3O4S/c17-13(18)8-3-4-14-6-9(8)19-7-11-15-16-12(20-11)10-2-1-5-21-10/h1-6H,7H2,(H,17,18). The largest absolute Gasteiger partial charge is 0.481 e. The molecule has 0 unspecified atom stereocenters. The lowest BCUT2D eigenvalue weighted by atomic mass is 10.2. The lowest BCUT2D eigenvalue weighted by Gasteiger charge is -2.05. The van der Waals surface area contributed by atoms with E-state index < -0.39 is 5.97 Å². The van der Waals surface area contributed by atoms with Crippen molar-refractivity contribution in [1.82, 2.24) is 15.2 Å². The van der Waals surface area contributed by atoms with Crippen molar-refractivity contribution in [1.29, 1.82) is 0 Å². The molecule has 0 amide bonds. The maximum absolute atomic E-state index is 11.0. The van der Waals surface area contributed by atoms with Crippen LogP contribution in [0.15, 0.2) is 40.4 Å². The molecule has 3 heterocycles. The van der Waals surface area contributed by atoms with Crippen molar-refractivity contribution in [2.75, 3.05) is 0 Å². The Morgan fingerprint density at radius 3 is 3.05 bits per heavy atom. The third-order valence-electron chi connectivity index (χ3n) is 2.56. The van der Waals surface area contributed by atoms with Crippen LogP contribution in [0, 0.1) is 0 Å². The van der Waals surface area contributed by atoms with Gasteiger partial charge in [-0.3, -0.25) is 4.98 Å². The zero-order valence-corrected chi connectivity index (χ0v) is 11.4. The maximum atomic E-state index is 11.0. The van der Waals surface area contributed by atoms with Gasteiger partial charge in [0.2, 0.25) is 0 Å². The molecule has 0 saturated carbocycles. The Morgan fingerprint density at radius 2 is 2.29 bits per heavy atom. The predicted octanol–water partition coefficient (Wildman–Crippen LogP) is 2.47. The van der Waals surface area contributed by atoms with Gasteiger partial charge in [-0.15, -0.1) is 21.5 Å². The SMILES string of the molecule is O=C(O)c1ccncc1OCc1nnc(-c2cccs2)o1. The number of ether oxygens (including phenoxy) is 1. The summed E-state index contributed by atoms with van der Waals surface area (Å²) >= 11 is 1.49. The third kappa shape index (κ3) is 2.90. The van der Waals surface area contributed by atoms with Crippen LogP contribution in [0.5, 0.6) is 5.75 Å². The molecule has 3 aromatic rings. The highest BCUT2D eigenvalue weighted by Gasteiger charge is 2.13. The summed E-state index contributed by atoms with van der Waals surface area (Å²) in [6.07, 6.45) is 2.72. The van der Waals surface area contributed by atoms with Crippen molar-refractivity contribution in [3.63, 3.8) is 0 Å². The van der Waals surface area contributed by atoms with Crippen LogP contribution < -0.4 is 4.74 Å². The highest BCUT2D eigenvalue weighted by Crippen LogP contribution is 2.23. The molecule has 3 rings (SSSR count). The number of aromatic nitrogens is 3. The summed E-state index contributed by atoms with van der Waals surface area (Å²) in [6, 6.07) is 5.12. The highest BCUT2D eigenvalue weighted by atomic mass is 32.1. The first-order chi connectivity index (χ1) is 10.2. The predicted molar refractivity (Wildman–Crippen MR) is 73.1 cm³/mol. The molecule has 0 bridgehead atoms. The van der Waals surface area contributed by atoms with Crippen molar-refractivity contribution in [2.24, 2.45) is 0 Å². The number of aromatic carboxylic acids is 1. The summed E-state index contributed by atoms with van der Waals surface area (Å²) in [5.74, 6) is -0.259. The number of thiophene rings is 1. The van der Waals surface area contributed by atoms with Crippen LogP contribution in [0.1, 0.15) is 16.2 Å². The smallest absolute Gasteiger partial charge is 0.339 e. The molecule has 0 fully saturated rings. The minimum atomic E-state index is -1.09. The Bertz CT molecular complexity index is 754. The second-order valence-electron chi connectivity index (χ2n) is 3.94. The van der Waals surface area contributed by atoms with E-state index in [0.29, 0.717) is 5.89 Å². The molecule has 0 aromatic carbocycles. The molecule has 0 atom stereocenters. The van der Waals surface area contributed by atoms with Gasteiger partial charge in [0.15, 0.2) is 12.4 Å². The third-order valence-corrected chi connectivity index (χ3v) is 3.42. The van der Waals surface area contributed by atoms with E-state index in [1.54, 1.807) is 0 Å². The summed E-state index contributed by atoms with van der Waals surface area (Å²) in [7, 11) is 0. The van der Waals surface area contributed by atoms with Crippen molar-refractivity contribution in [2.45, 2.75) is 6.61 Å². The fourth-order valence-corrected chi connectivity index (χ4v) is 2.27. The average molecular weight is 303 g/mol. The van der Waals surface area contributed by atoms with Crippen molar-refractivity contribution in [3.05, 3.63) is 47.4 Å². The molecule has 3 aromatic heterocycles. The van der Waals surface area contributed by atoms with E-state index in [1.807, 2.05) is 17.5 Å². The van der Waals surface area contributed by atoms with Crippen LogP contribution in [0.3, 0.4) is 0 Å². The summed E-state index contributed by atoms with van der Waals surface area (Å²) in [5.41, 5.74) is 0.0306. The number of hydrogen-bond acceptors (Lipinski definition) is 7. The van der Waals surface area contributed by atoms with Gasteiger partial charge in [0, 0.05) is 6.20 Å². The minimum Gasteiger partial charge on any atom is -0.481 e. The number of carboxylic acid groups (broad SMARTS) is 1. The molecule has 8 heteroatoms. The van der Waals surface area contributed by atoms with Gasteiger partial charge in [0.05, 0.1) is 11.1 Å². The van der Waals surface area contributed by atoms with E-state index in [9.17, 15) is 4.79 Å². The second kappa shape index (κ2) is 5.71. The number of nitrogens with zero attached hydrogens (tertiary/aromatic N) is 3. The van der Waals surface area contributed by atoms with Gasteiger partial charge < -0.3 is 14.3 Å². The molecular weight excluding hydrogens is 294 g/mol. The van der Waals surface area contributed by atoms with Gasteiger partial charge in [-0.25, -0.2) is 4.79 Å². The fourth-order valence-electron chi connectivity index (χ4n) is 1.62. The van der Waals surface area contributed by atoms with Gasteiger partial charge >= 0.3 is 5.97 Å². The molecule has 1 N–H and O–H groups in total. The van der Waals surface area contributed by atoms with E-state index in [4.69, 9.17) is 14.3 Å². The summed E-state index contributed by atoms with van der Waals surface area (Å²) < 4.78 is 10.8. The van der Waals surface area contributed by atoms with Crippen LogP contribution in [0.25, 0.3) is 10.8 Å². The first-order valence-electron chi connectivity index (χ1n) is 5.90. The van der Waals surface area contributed by atoms with Crippen LogP contribution >= 0.6 is 11.3 Å². The Morgan fingerprint density at radius 1 is 1.38 bits per heavy atom. The molecule has 0 radical (unpaired) electrons. The van der Waals surface area contributed by atoms with E-state index in [0.717, 1.165) is 4.88 Å². The Balaban J connectivity index is 1.73. The summed E-state index contributed by atoms with van der Waals surface area (Å²) in [5, 5.41) is 18.7. The zero-order valence-electron chi connectivity index (χ0n) is 10.6. The topological polar surface area (TPSA) is 98.3 Å². The number of pyridine rings is 1. The Kier molecular flexibility index (Phi) is 3.61. The highest BCUT2D eigenvalue weighted by molar-refractivity contribution is 7.13. The van der Waals surface area contributed by atoms with Crippen LogP contribution in [-0.2, 0) is 6.61 Å². The maximum Gasteiger partial charge on any atom is 0.339 e. The normalized spacial score (nSPS) is 10.5. The Hall–Kier alpha value is -2.74. The van der Waals surface area contributed by atoms with Crippen molar-refractivity contribution >= 4 is 17.3 Å². The minimum absolute atomic E-state index is 0.0235. The number of hydrogen-bond donors (Lipinski definition) is 1. The van der Waals surface area contributed by atoms with Crippen molar-refractivity contribution < 1.29 is 19.1 Å². The molecule has 0 aliphatic heterocycles. The van der Waals surface area contributed by atoms with E-state index in [-0.39, 0.29) is 23.8 Å².